The van der Waals surface area contributed by atoms with Gasteiger partial charge in [0.05, 0.1) is 0 Å². The van der Waals surface area contributed by atoms with E-state index in [0.717, 1.165) is 16.6 Å². The molecule has 1 aliphatic heterocycles. The Bertz CT molecular complexity index is 405. The Labute approximate surface area is 123 Å². The molecule has 0 bridgehead atoms. The van der Waals surface area contributed by atoms with Crippen molar-refractivity contribution in [3.63, 3.8) is 0 Å². The molecule has 19 heavy (non-hydrogen) atoms. The van der Waals surface area contributed by atoms with E-state index in [-0.39, 0.29) is 5.82 Å². The van der Waals surface area contributed by atoms with E-state index in [2.05, 4.69) is 33.1 Å². The van der Waals surface area contributed by atoms with E-state index in [9.17, 15) is 4.39 Å². The summed E-state index contributed by atoms with van der Waals surface area (Å²) >= 11 is 3.46. The zero-order valence-electron chi connectivity index (χ0n) is 11.5. The van der Waals surface area contributed by atoms with Gasteiger partial charge in [0.1, 0.15) is 5.82 Å². The number of nitrogens with zero attached hydrogens (tertiary/aromatic N) is 1. The van der Waals surface area contributed by atoms with Gasteiger partial charge in [-0.15, -0.1) is 0 Å². The van der Waals surface area contributed by atoms with E-state index < -0.39 is 0 Å². The third kappa shape index (κ3) is 4.55. The van der Waals surface area contributed by atoms with Crippen LogP contribution in [0.3, 0.4) is 0 Å². The van der Waals surface area contributed by atoms with Crippen LogP contribution in [0.4, 0.5) is 4.39 Å². The molecule has 0 aliphatic carbocycles. The van der Waals surface area contributed by atoms with Gasteiger partial charge < -0.3 is 5.32 Å². The summed E-state index contributed by atoms with van der Waals surface area (Å²) < 4.78 is 14.1. The number of benzene rings is 1. The Kier molecular flexibility index (Phi) is 5.79. The minimum atomic E-state index is -0.177. The van der Waals surface area contributed by atoms with Crippen LogP contribution in [-0.2, 0) is 6.54 Å². The molecule has 0 spiro atoms. The summed E-state index contributed by atoms with van der Waals surface area (Å²) in [5, 5.41) is 3.43. The van der Waals surface area contributed by atoms with Gasteiger partial charge in [-0.1, -0.05) is 22.4 Å². The highest BCUT2D eigenvalue weighted by Gasteiger charge is 2.16. The first-order valence-corrected chi connectivity index (χ1v) is 7.85. The monoisotopic (exact) mass is 328 g/mol. The minimum Gasteiger partial charge on any atom is -0.311 e. The third-order valence-electron chi connectivity index (χ3n) is 3.78. The fourth-order valence-corrected chi connectivity index (χ4v) is 2.97. The first-order valence-electron chi connectivity index (χ1n) is 7.05. The number of likely N-dealkylation sites (tertiary alicyclic amines) is 1. The smallest absolute Gasteiger partial charge is 0.123 e. The van der Waals surface area contributed by atoms with Crippen molar-refractivity contribution < 1.29 is 4.39 Å². The largest absolute Gasteiger partial charge is 0.311 e. The highest BCUT2D eigenvalue weighted by molar-refractivity contribution is 9.10. The minimum absolute atomic E-state index is 0.177. The summed E-state index contributed by atoms with van der Waals surface area (Å²) in [5.74, 6) is -0.177. The summed E-state index contributed by atoms with van der Waals surface area (Å²) in [6, 6.07) is 5.38. The molecule has 0 aromatic heterocycles. The summed E-state index contributed by atoms with van der Waals surface area (Å²) in [6.45, 7) is 6.34. The summed E-state index contributed by atoms with van der Waals surface area (Å²) in [6.07, 6.45) is 4.01. The van der Waals surface area contributed by atoms with E-state index in [1.165, 1.54) is 38.4 Å². The lowest BCUT2D eigenvalue weighted by atomic mass is 10.1. The zero-order chi connectivity index (χ0) is 13.7. The van der Waals surface area contributed by atoms with E-state index in [4.69, 9.17) is 0 Å². The Morgan fingerprint density at radius 3 is 2.79 bits per heavy atom. The lowest BCUT2D eigenvalue weighted by Crippen LogP contribution is -2.42. The van der Waals surface area contributed by atoms with E-state index in [0.29, 0.717) is 12.6 Å². The molecular weight excluding hydrogens is 307 g/mol. The first kappa shape index (κ1) is 14.9. The van der Waals surface area contributed by atoms with E-state index in [1.807, 2.05) is 0 Å². The lowest BCUT2D eigenvalue weighted by molar-refractivity contribution is 0.170. The number of hydrogen-bond donors (Lipinski definition) is 1. The summed E-state index contributed by atoms with van der Waals surface area (Å²) in [5.41, 5.74) is 0.978. The summed E-state index contributed by atoms with van der Waals surface area (Å²) in [7, 11) is 0. The molecule has 106 valence electrons. The van der Waals surface area contributed by atoms with Gasteiger partial charge >= 0.3 is 0 Å². The van der Waals surface area contributed by atoms with Gasteiger partial charge in [0.25, 0.3) is 0 Å². The molecule has 2 rings (SSSR count). The van der Waals surface area contributed by atoms with Crippen LogP contribution in [0.2, 0.25) is 0 Å². The Balaban J connectivity index is 1.77. The van der Waals surface area contributed by atoms with Crippen LogP contribution in [0.25, 0.3) is 0 Å². The molecule has 1 aliphatic rings. The van der Waals surface area contributed by atoms with Crippen molar-refractivity contribution in [1.82, 2.24) is 10.2 Å². The van der Waals surface area contributed by atoms with E-state index >= 15 is 0 Å². The molecule has 1 aromatic carbocycles. The van der Waals surface area contributed by atoms with Crippen molar-refractivity contribution >= 4 is 15.9 Å². The molecule has 0 saturated carbocycles. The number of nitrogens with one attached hydrogen (secondary N) is 1. The van der Waals surface area contributed by atoms with Crippen LogP contribution in [0.5, 0.6) is 0 Å². The van der Waals surface area contributed by atoms with Crippen LogP contribution in [0, 0.1) is 5.82 Å². The van der Waals surface area contributed by atoms with Crippen molar-refractivity contribution in [2.75, 3.05) is 19.6 Å². The lowest BCUT2D eigenvalue weighted by Gasteiger charge is -2.32. The van der Waals surface area contributed by atoms with Crippen LogP contribution in [0.15, 0.2) is 22.7 Å². The van der Waals surface area contributed by atoms with Gasteiger partial charge in [-0.2, -0.15) is 0 Å². The first-order chi connectivity index (χ1) is 9.16. The van der Waals surface area contributed by atoms with Crippen LogP contribution in [-0.4, -0.2) is 30.6 Å². The topological polar surface area (TPSA) is 15.3 Å². The van der Waals surface area contributed by atoms with Crippen LogP contribution < -0.4 is 5.32 Å². The molecule has 4 heteroatoms. The normalized spacial score (nSPS) is 18.5. The van der Waals surface area contributed by atoms with Gasteiger partial charge in [0.15, 0.2) is 0 Å². The number of rotatable bonds is 5. The molecule has 1 heterocycles. The highest BCUT2D eigenvalue weighted by atomic mass is 79.9. The Morgan fingerprint density at radius 1 is 1.32 bits per heavy atom. The zero-order valence-corrected chi connectivity index (χ0v) is 13.0. The second-order valence-electron chi connectivity index (χ2n) is 5.31. The van der Waals surface area contributed by atoms with Crippen molar-refractivity contribution in [3.8, 4) is 0 Å². The predicted molar refractivity (Wildman–Crippen MR) is 80.7 cm³/mol. The van der Waals surface area contributed by atoms with Crippen LogP contribution in [0.1, 0.15) is 31.7 Å². The maximum Gasteiger partial charge on any atom is 0.123 e. The van der Waals surface area contributed by atoms with Gasteiger partial charge in [0.2, 0.25) is 0 Å². The molecule has 1 saturated heterocycles. The fraction of sp³-hybridized carbons (Fsp3) is 0.600. The molecule has 0 amide bonds. The number of halogens is 2. The van der Waals surface area contributed by atoms with Crippen molar-refractivity contribution in [2.24, 2.45) is 0 Å². The van der Waals surface area contributed by atoms with Crippen molar-refractivity contribution in [2.45, 2.75) is 38.8 Å². The highest BCUT2D eigenvalue weighted by Crippen LogP contribution is 2.17. The molecular formula is C15H22BrFN2. The Morgan fingerprint density at radius 2 is 2.05 bits per heavy atom. The standard InChI is InChI=1S/C15H22BrFN2/c1-12(19-7-3-2-4-8-19)10-18-11-13-9-14(17)5-6-15(13)16/h5-6,9,12,18H,2-4,7-8,10-11H2,1H3. The average molecular weight is 329 g/mol. The molecule has 2 nitrogen and oxygen atoms in total. The quantitative estimate of drug-likeness (QED) is 0.889. The van der Waals surface area contributed by atoms with Gasteiger partial charge in [-0.3, -0.25) is 4.90 Å². The maximum atomic E-state index is 13.2. The Hall–Kier alpha value is -0.450. The molecule has 1 fully saturated rings. The van der Waals surface area contributed by atoms with Crippen LogP contribution >= 0.6 is 15.9 Å². The molecule has 1 unspecified atom stereocenters. The predicted octanol–water partition coefficient (Wildman–Crippen LogP) is 3.55. The second-order valence-corrected chi connectivity index (χ2v) is 6.17. The average Bonchev–Trinajstić information content (AvgIpc) is 2.43. The molecule has 1 N–H and O–H groups in total. The maximum absolute atomic E-state index is 13.2. The fourth-order valence-electron chi connectivity index (χ4n) is 2.58. The third-order valence-corrected chi connectivity index (χ3v) is 4.55. The number of hydrogen-bond acceptors (Lipinski definition) is 2. The van der Waals surface area contributed by atoms with E-state index in [1.54, 1.807) is 12.1 Å². The molecule has 0 radical (unpaired) electrons. The number of piperidine rings is 1. The summed E-state index contributed by atoms with van der Waals surface area (Å²) in [4.78, 5) is 2.54. The van der Waals surface area contributed by atoms with Crippen molar-refractivity contribution in [3.05, 3.63) is 34.1 Å². The van der Waals surface area contributed by atoms with Gasteiger partial charge in [-0.25, -0.2) is 4.39 Å². The molecule has 1 atom stereocenters. The van der Waals surface area contributed by atoms with Crippen molar-refractivity contribution in [1.29, 1.82) is 0 Å². The SMILES string of the molecule is CC(CNCc1cc(F)ccc1Br)N1CCCCC1. The molecule has 1 aromatic rings. The second kappa shape index (κ2) is 7.36. The van der Waals surface area contributed by atoms with Gasteiger partial charge in [0, 0.05) is 23.6 Å². The van der Waals surface area contributed by atoms with Gasteiger partial charge in [-0.05, 0) is 56.6 Å².